The molecule has 0 spiro atoms. The van der Waals surface area contributed by atoms with Gasteiger partial charge in [-0.05, 0) is 42.0 Å². The number of anilines is 2. The van der Waals surface area contributed by atoms with Gasteiger partial charge in [0.05, 0.1) is 17.9 Å². The van der Waals surface area contributed by atoms with Crippen LogP contribution in [0.5, 0.6) is 17.2 Å². The number of hydrogen-bond acceptors (Lipinski definition) is 5. The summed E-state index contributed by atoms with van der Waals surface area (Å²) in [5, 5.41) is 18.2. The molecule has 0 unspecified atom stereocenters. The first kappa shape index (κ1) is 18.8. The molecule has 0 saturated carbocycles. The largest absolute Gasteiger partial charge is 0.492 e. The van der Waals surface area contributed by atoms with Crippen molar-refractivity contribution >= 4 is 17.3 Å². The molecule has 0 radical (unpaired) electrons. The van der Waals surface area contributed by atoms with Crippen LogP contribution in [0, 0.1) is 0 Å². The summed E-state index contributed by atoms with van der Waals surface area (Å²) in [5.74, 6) is 1.09. The van der Waals surface area contributed by atoms with Gasteiger partial charge in [0.2, 0.25) is 0 Å². The SMILES string of the molecule is O=C(O)[C@@H](O)Cc1ccc(OCCN2c3ccccc3Oc3ccccc32)cc1. The zero-order valence-electron chi connectivity index (χ0n) is 15.7. The third-order valence-corrected chi connectivity index (χ3v) is 4.75. The lowest BCUT2D eigenvalue weighted by Crippen LogP contribution is -2.26. The summed E-state index contributed by atoms with van der Waals surface area (Å²) < 4.78 is 11.9. The number of aliphatic hydroxyl groups excluding tert-OH is 1. The van der Waals surface area contributed by atoms with Crippen molar-refractivity contribution in [3.05, 3.63) is 78.4 Å². The van der Waals surface area contributed by atoms with E-state index in [4.69, 9.17) is 14.6 Å². The van der Waals surface area contributed by atoms with E-state index in [1.165, 1.54) is 0 Å². The molecule has 0 aliphatic carbocycles. The number of benzene rings is 3. The van der Waals surface area contributed by atoms with Gasteiger partial charge in [0.25, 0.3) is 0 Å². The summed E-state index contributed by atoms with van der Waals surface area (Å²) in [6.45, 7) is 1.09. The monoisotopic (exact) mass is 391 g/mol. The number of ether oxygens (including phenoxy) is 2. The van der Waals surface area contributed by atoms with Gasteiger partial charge in [-0.3, -0.25) is 0 Å². The molecule has 29 heavy (non-hydrogen) atoms. The minimum absolute atomic E-state index is 0.0664. The third-order valence-electron chi connectivity index (χ3n) is 4.75. The van der Waals surface area contributed by atoms with Crippen LogP contribution in [0.2, 0.25) is 0 Å². The Balaban J connectivity index is 1.42. The van der Waals surface area contributed by atoms with Gasteiger partial charge in [0.15, 0.2) is 17.6 Å². The highest BCUT2D eigenvalue weighted by Crippen LogP contribution is 2.45. The van der Waals surface area contributed by atoms with Gasteiger partial charge in [0, 0.05) is 6.42 Å². The summed E-state index contributed by atoms with van der Waals surface area (Å²) in [5.41, 5.74) is 2.73. The standard InChI is InChI=1S/C23H21NO5/c25-20(23(26)27)15-16-9-11-17(12-10-16)28-14-13-24-18-5-1-3-7-21(18)29-22-8-4-2-6-19(22)24/h1-12,20,25H,13-15H2,(H,26,27)/t20-/m0/s1. The Morgan fingerprint density at radius 1 is 0.931 bits per heavy atom. The van der Waals surface area contributed by atoms with Crippen molar-refractivity contribution in [1.29, 1.82) is 0 Å². The highest BCUT2D eigenvalue weighted by atomic mass is 16.5. The Morgan fingerprint density at radius 3 is 2.10 bits per heavy atom. The molecule has 3 aromatic rings. The number of carboxylic acids is 1. The number of nitrogens with zero attached hydrogens (tertiary/aromatic N) is 1. The van der Waals surface area contributed by atoms with E-state index in [2.05, 4.69) is 4.90 Å². The second-order valence-corrected chi connectivity index (χ2v) is 6.74. The second kappa shape index (κ2) is 8.24. The molecule has 0 saturated heterocycles. The van der Waals surface area contributed by atoms with E-state index in [1.54, 1.807) is 24.3 Å². The zero-order chi connectivity index (χ0) is 20.2. The van der Waals surface area contributed by atoms with Gasteiger partial charge in [-0.25, -0.2) is 4.79 Å². The molecule has 0 aromatic heterocycles. The Labute approximate surface area is 168 Å². The second-order valence-electron chi connectivity index (χ2n) is 6.74. The van der Waals surface area contributed by atoms with Crippen LogP contribution in [0.3, 0.4) is 0 Å². The molecule has 1 aliphatic heterocycles. The maximum Gasteiger partial charge on any atom is 0.332 e. The minimum atomic E-state index is -1.40. The van der Waals surface area contributed by atoms with E-state index in [9.17, 15) is 9.90 Å². The van der Waals surface area contributed by atoms with Crippen molar-refractivity contribution in [2.45, 2.75) is 12.5 Å². The summed E-state index contributed by atoms with van der Waals surface area (Å²) in [6.07, 6.45) is -1.33. The van der Waals surface area contributed by atoms with E-state index < -0.39 is 12.1 Å². The number of hydrogen-bond donors (Lipinski definition) is 2. The van der Waals surface area contributed by atoms with Gasteiger partial charge in [-0.15, -0.1) is 0 Å². The summed E-state index contributed by atoms with van der Waals surface area (Å²) in [7, 11) is 0. The third kappa shape index (κ3) is 4.17. The summed E-state index contributed by atoms with van der Waals surface area (Å²) in [4.78, 5) is 12.9. The first-order valence-corrected chi connectivity index (χ1v) is 9.38. The molecule has 1 atom stereocenters. The molecule has 1 heterocycles. The molecule has 1 aliphatic rings. The minimum Gasteiger partial charge on any atom is -0.492 e. The quantitative estimate of drug-likeness (QED) is 0.634. The van der Waals surface area contributed by atoms with Gasteiger partial charge in [-0.1, -0.05) is 36.4 Å². The zero-order valence-corrected chi connectivity index (χ0v) is 15.7. The van der Waals surface area contributed by atoms with Crippen molar-refractivity contribution in [3.8, 4) is 17.2 Å². The number of carboxylic acid groups (broad SMARTS) is 1. The van der Waals surface area contributed by atoms with Crippen LogP contribution in [0.4, 0.5) is 11.4 Å². The van der Waals surface area contributed by atoms with Crippen LogP contribution >= 0.6 is 0 Å². The van der Waals surface area contributed by atoms with Gasteiger partial charge < -0.3 is 24.6 Å². The van der Waals surface area contributed by atoms with E-state index in [1.807, 2.05) is 48.5 Å². The molecule has 3 aromatic carbocycles. The Morgan fingerprint density at radius 2 is 1.52 bits per heavy atom. The molecular formula is C23H21NO5. The molecule has 0 amide bonds. The lowest BCUT2D eigenvalue weighted by atomic mass is 10.1. The lowest BCUT2D eigenvalue weighted by Gasteiger charge is -2.32. The van der Waals surface area contributed by atoms with Crippen LogP contribution in [-0.4, -0.2) is 35.4 Å². The topological polar surface area (TPSA) is 79.2 Å². The molecule has 6 heteroatoms. The number of fused-ring (bicyclic) bond motifs is 2. The van der Waals surface area contributed by atoms with Gasteiger partial charge in [-0.2, -0.15) is 0 Å². The number of aliphatic carboxylic acids is 1. The van der Waals surface area contributed by atoms with Crippen molar-refractivity contribution in [3.63, 3.8) is 0 Å². The van der Waals surface area contributed by atoms with E-state index >= 15 is 0 Å². The van der Waals surface area contributed by atoms with Gasteiger partial charge >= 0.3 is 5.97 Å². The molecule has 6 nitrogen and oxygen atoms in total. The molecule has 0 bridgehead atoms. The Bertz CT molecular complexity index is 957. The highest BCUT2D eigenvalue weighted by molar-refractivity contribution is 5.77. The van der Waals surface area contributed by atoms with Crippen LogP contribution in [-0.2, 0) is 11.2 Å². The van der Waals surface area contributed by atoms with Crippen molar-refractivity contribution in [2.24, 2.45) is 0 Å². The molecule has 4 rings (SSSR count). The Kier molecular flexibility index (Phi) is 5.35. The maximum atomic E-state index is 10.7. The number of para-hydroxylation sites is 4. The molecule has 2 N–H and O–H groups in total. The first-order chi connectivity index (χ1) is 14.1. The Hall–Kier alpha value is -3.51. The normalized spacial score (nSPS) is 13.1. The average molecular weight is 391 g/mol. The van der Waals surface area contributed by atoms with E-state index in [-0.39, 0.29) is 6.42 Å². The van der Waals surface area contributed by atoms with Crippen LogP contribution in [0.25, 0.3) is 0 Å². The van der Waals surface area contributed by atoms with Crippen molar-refractivity contribution < 1.29 is 24.5 Å². The predicted octanol–water partition coefficient (Wildman–Crippen LogP) is 4.00. The fraction of sp³-hybridized carbons (Fsp3) is 0.174. The average Bonchev–Trinajstić information content (AvgIpc) is 2.74. The van der Waals surface area contributed by atoms with Crippen molar-refractivity contribution in [2.75, 3.05) is 18.1 Å². The highest BCUT2D eigenvalue weighted by Gasteiger charge is 2.23. The molecular weight excluding hydrogens is 370 g/mol. The molecule has 148 valence electrons. The van der Waals surface area contributed by atoms with Gasteiger partial charge in [0.1, 0.15) is 12.4 Å². The van der Waals surface area contributed by atoms with Crippen LogP contribution < -0.4 is 14.4 Å². The number of aliphatic hydroxyl groups is 1. The lowest BCUT2D eigenvalue weighted by molar-refractivity contribution is -0.146. The number of carbonyl (C=O) groups is 1. The van der Waals surface area contributed by atoms with E-state index in [0.717, 1.165) is 28.4 Å². The fourth-order valence-electron chi connectivity index (χ4n) is 3.31. The number of rotatable bonds is 7. The smallest absolute Gasteiger partial charge is 0.332 e. The van der Waals surface area contributed by atoms with E-state index in [0.29, 0.717) is 18.9 Å². The van der Waals surface area contributed by atoms with Crippen LogP contribution in [0.15, 0.2) is 72.8 Å². The maximum absolute atomic E-state index is 10.7. The fourth-order valence-corrected chi connectivity index (χ4v) is 3.31. The van der Waals surface area contributed by atoms with Crippen LogP contribution in [0.1, 0.15) is 5.56 Å². The van der Waals surface area contributed by atoms with Crippen molar-refractivity contribution in [1.82, 2.24) is 0 Å². The molecule has 0 fully saturated rings. The summed E-state index contributed by atoms with van der Waals surface area (Å²) in [6, 6.07) is 22.9. The summed E-state index contributed by atoms with van der Waals surface area (Å²) >= 11 is 0. The predicted molar refractivity (Wildman–Crippen MR) is 109 cm³/mol. The first-order valence-electron chi connectivity index (χ1n) is 9.38.